The Hall–Kier alpha value is -3.39. The zero-order valence-electron chi connectivity index (χ0n) is 15.5. The minimum Gasteiger partial charge on any atom is -0.507 e. The van der Waals surface area contributed by atoms with Crippen LogP contribution in [0.5, 0.6) is 5.75 Å². The number of nitrogens with one attached hydrogen (secondary N) is 1. The van der Waals surface area contributed by atoms with Gasteiger partial charge in [0.2, 0.25) is 0 Å². The van der Waals surface area contributed by atoms with Gasteiger partial charge in [-0.25, -0.2) is 13.8 Å². The lowest BCUT2D eigenvalue weighted by molar-refractivity contribution is 0.00630. The average Bonchev–Trinajstić information content (AvgIpc) is 3.20. The molecule has 2 aromatic carbocycles. The van der Waals surface area contributed by atoms with E-state index in [1.165, 1.54) is 12.4 Å². The van der Waals surface area contributed by atoms with E-state index in [0.717, 1.165) is 12.1 Å². The van der Waals surface area contributed by atoms with Crippen molar-refractivity contribution in [3.63, 3.8) is 0 Å². The molecule has 0 bridgehead atoms. The van der Waals surface area contributed by atoms with Crippen LogP contribution in [0, 0.1) is 11.6 Å². The van der Waals surface area contributed by atoms with Gasteiger partial charge >= 0.3 is 0 Å². The monoisotopic (exact) mass is 396 g/mol. The summed E-state index contributed by atoms with van der Waals surface area (Å²) >= 11 is 0. The second-order valence-corrected chi connectivity index (χ2v) is 6.94. The first kappa shape index (κ1) is 18.9. The summed E-state index contributed by atoms with van der Waals surface area (Å²) in [6, 6.07) is 11.4. The number of hydrogen-bond donors (Lipinski definition) is 3. The topological polar surface area (TPSA) is 94.9 Å². The third-order valence-corrected chi connectivity index (χ3v) is 5.18. The van der Waals surface area contributed by atoms with Crippen LogP contribution >= 0.6 is 0 Å². The van der Waals surface area contributed by atoms with Gasteiger partial charge in [-0.05, 0) is 30.3 Å². The minimum absolute atomic E-state index is 0.0750. The molecule has 0 amide bonds. The summed E-state index contributed by atoms with van der Waals surface area (Å²) in [6.07, 6.45) is 1.25. The van der Waals surface area contributed by atoms with Crippen LogP contribution < -0.4 is 0 Å². The van der Waals surface area contributed by atoms with Crippen molar-refractivity contribution in [3.05, 3.63) is 83.6 Å². The molecule has 3 N–H and O–H groups in total. The molecule has 2 unspecified atom stereocenters. The maximum absolute atomic E-state index is 14.7. The van der Waals surface area contributed by atoms with E-state index in [0.29, 0.717) is 16.6 Å². The normalized spacial score (nSPS) is 14.6. The molecule has 0 aliphatic heterocycles. The quantitative estimate of drug-likeness (QED) is 0.479. The zero-order chi connectivity index (χ0) is 20.6. The first-order chi connectivity index (χ1) is 13.9. The summed E-state index contributed by atoms with van der Waals surface area (Å²) in [7, 11) is 0. The Morgan fingerprint density at radius 3 is 2.69 bits per heavy atom. The lowest BCUT2D eigenvalue weighted by Crippen LogP contribution is -2.36. The number of aliphatic hydroxyl groups is 1. The molecule has 0 radical (unpaired) electrons. The number of phenolic OH excluding ortho intramolecular Hbond substituents is 1. The highest BCUT2D eigenvalue weighted by Gasteiger charge is 2.41. The highest BCUT2D eigenvalue weighted by atomic mass is 19.1. The third kappa shape index (κ3) is 3.42. The predicted molar refractivity (Wildman–Crippen MR) is 102 cm³/mol. The number of fused-ring (bicyclic) bond motifs is 1. The van der Waals surface area contributed by atoms with E-state index >= 15 is 0 Å². The molecule has 2 atom stereocenters. The van der Waals surface area contributed by atoms with Gasteiger partial charge in [-0.2, -0.15) is 5.10 Å². The number of rotatable bonds is 5. The van der Waals surface area contributed by atoms with Crippen molar-refractivity contribution in [2.75, 3.05) is 0 Å². The maximum Gasteiger partial charge on any atom is 0.153 e. The number of phenols is 1. The molecule has 4 rings (SSSR count). The third-order valence-electron chi connectivity index (χ3n) is 5.18. The number of aromatic amines is 1. The van der Waals surface area contributed by atoms with Crippen LogP contribution in [0.4, 0.5) is 8.78 Å². The Labute approximate surface area is 164 Å². The van der Waals surface area contributed by atoms with Gasteiger partial charge in [0.1, 0.15) is 29.3 Å². The number of nitrogens with zero attached hydrogens (tertiary/aromatic N) is 3. The number of H-pyrrole nitrogens is 1. The number of hydrogen-bond acceptors (Lipinski definition) is 5. The Morgan fingerprint density at radius 2 is 1.97 bits per heavy atom. The first-order valence-corrected chi connectivity index (χ1v) is 8.99. The fourth-order valence-corrected chi connectivity index (χ4v) is 3.52. The fourth-order valence-electron chi connectivity index (χ4n) is 3.52. The van der Waals surface area contributed by atoms with Crippen LogP contribution in [-0.4, -0.2) is 30.4 Å². The molecular formula is C21H18F2N4O2. The van der Waals surface area contributed by atoms with Crippen molar-refractivity contribution in [3.8, 4) is 5.75 Å². The van der Waals surface area contributed by atoms with Gasteiger partial charge in [0.15, 0.2) is 5.82 Å². The molecule has 0 aliphatic carbocycles. The Bertz CT molecular complexity index is 1170. The fraction of sp³-hybridized carbons (Fsp3) is 0.190. The first-order valence-electron chi connectivity index (χ1n) is 8.99. The van der Waals surface area contributed by atoms with Gasteiger partial charge in [-0.15, -0.1) is 0 Å². The summed E-state index contributed by atoms with van der Waals surface area (Å²) in [6.45, 7) is 1.70. The predicted octanol–water partition coefficient (Wildman–Crippen LogP) is 3.57. The largest absolute Gasteiger partial charge is 0.507 e. The lowest BCUT2D eigenvalue weighted by Gasteiger charge is -2.34. The molecule has 2 aromatic heterocycles. The highest BCUT2D eigenvalue weighted by Crippen LogP contribution is 2.40. The molecule has 0 fully saturated rings. The van der Waals surface area contributed by atoms with Crippen LogP contribution in [0.25, 0.3) is 10.9 Å². The number of aromatic hydroxyl groups is 1. The van der Waals surface area contributed by atoms with Crippen LogP contribution in [0.2, 0.25) is 0 Å². The van der Waals surface area contributed by atoms with Gasteiger partial charge in [-0.1, -0.05) is 19.1 Å². The van der Waals surface area contributed by atoms with Gasteiger partial charge in [0.25, 0.3) is 0 Å². The molecule has 29 heavy (non-hydrogen) atoms. The Morgan fingerprint density at radius 1 is 1.14 bits per heavy atom. The van der Waals surface area contributed by atoms with Crippen molar-refractivity contribution in [1.82, 2.24) is 20.2 Å². The average molecular weight is 396 g/mol. The van der Waals surface area contributed by atoms with Gasteiger partial charge in [-0.3, -0.25) is 10.1 Å². The van der Waals surface area contributed by atoms with E-state index in [2.05, 4.69) is 20.2 Å². The number of halogens is 2. The summed E-state index contributed by atoms with van der Waals surface area (Å²) in [5, 5.41) is 28.7. The molecule has 0 aliphatic rings. The summed E-state index contributed by atoms with van der Waals surface area (Å²) < 4.78 is 28.1. The second-order valence-electron chi connectivity index (χ2n) is 6.94. The molecule has 0 spiro atoms. The summed E-state index contributed by atoms with van der Waals surface area (Å²) in [5.74, 6) is -1.93. The SMILES string of the molecule is CC(c1ccc2c(O)cccc2n1)C(O)(Cc1nc[nH]n1)c1ccc(F)cc1F. The van der Waals surface area contributed by atoms with Crippen molar-refractivity contribution < 1.29 is 19.0 Å². The van der Waals surface area contributed by atoms with Crippen molar-refractivity contribution >= 4 is 10.9 Å². The molecular weight excluding hydrogens is 378 g/mol. The highest BCUT2D eigenvalue weighted by molar-refractivity contribution is 5.84. The summed E-state index contributed by atoms with van der Waals surface area (Å²) in [5.41, 5.74) is -0.856. The van der Waals surface area contributed by atoms with Crippen LogP contribution in [0.15, 0.2) is 54.9 Å². The van der Waals surface area contributed by atoms with Crippen molar-refractivity contribution in [2.45, 2.75) is 24.9 Å². The zero-order valence-corrected chi connectivity index (χ0v) is 15.5. The Balaban J connectivity index is 1.84. The van der Waals surface area contributed by atoms with Crippen LogP contribution in [0.3, 0.4) is 0 Å². The lowest BCUT2D eigenvalue weighted by atomic mass is 9.77. The molecule has 8 heteroatoms. The molecule has 0 saturated heterocycles. The van der Waals surface area contributed by atoms with Crippen LogP contribution in [-0.2, 0) is 12.0 Å². The molecule has 4 aromatic rings. The molecule has 0 saturated carbocycles. The van der Waals surface area contributed by atoms with E-state index in [1.54, 1.807) is 37.3 Å². The van der Waals surface area contributed by atoms with Crippen LogP contribution in [0.1, 0.15) is 29.9 Å². The smallest absolute Gasteiger partial charge is 0.153 e. The summed E-state index contributed by atoms with van der Waals surface area (Å²) in [4.78, 5) is 8.57. The Kier molecular flexibility index (Phi) is 4.71. The molecule has 2 heterocycles. The number of pyridine rings is 1. The van der Waals surface area contributed by atoms with E-state index in [1.807, 2.05) is 0 Å². The van der Waals surface area contributed by atoms with Gasteiger partial charge < -0.3 is 10.2 Å². The standard InChI is InChI=1S/C21H18F2N4O2/c1-12(17-8-6-14-18(26-17)3-2-4-19(14)28)21(29,10-20-24-11-25-27-20)15-7-5-13(22)9-16(15)23/h2-9,11-12,28-29H,10H2,1H3,(H,24,25,27). The number of aromatic nitrogens is 4. The number of benzene rings is 2. The minimum atomic E-state index is -1.79. The van der Waals surface area contributed by atoms with Crippen molar-refractivity contribution in [1.29, 1.82) is 0 Å². The van der Waals surface area contributed by atoms with E-state index < -0.39 is 23.2 Å². The van der Waals surface area contributed by atoms with Crippen molar-refractivity contribution in [2.24, 2.45) is 0 Å². The van der Waals surface area contributed by atoms with E-state index in [-0.39, 0.29) is 23.6 Å². The second kappa shape index (κ2) is 7.21. The van der Waals surface area contributed by atoms with E-state index in [4.69, 9.17) is 0 Å². The maximum atomic E-state index is 14.7. The van der Waals surface area contributed by atoms with E-state index in [9.17, 15) is 19.0 Å². The van der Waals surface area contributed by atoms with Gasteiger partial charge in [0.05, 0.1) is 5.52 Å². The van der Waals surface area contributed by atoms with Gasteiger partial charge in [0, 0.05) is 35.0 Å². The molecule has 148 valence electrons. The molecule has 6 nitrogen and oxygen atoms in total.